The molecule has 0 heterocycles. The van der Waals surface area contributed by atoms with Crippen molar-refractivity contribution in [3.8, 4) is 11.8 Å². The third-order valence-corrected chi connectivity index (χ3v) is 1.45. The van der Waals surface area contributed by atoms with E-state index in [1.165, 1.54) is 6.07 Å². The van der Waals surface area contributed by atoms with Crippen LogP contribution in [0.2, 0.25) is 0 Å². The molecule has 0 fully saturated rings. The van der Waals surface area contributed by atoms with Crippen LogP contribution >= 0.6 is 0 Å². The summed E-state index contributed by atoms with van der Waals surface area (Å²) in [5.74, 6) is -2.05. The molecule has 0 radical (unpaired) electrons. The lowest BCUT2D eigenvalue weighted by atomic mass is 10.2. The highest BCUT2D eigenvalue weighted by Crippen LogP contribution is 2.31. The number of ether oxygens (including phenoxy) is 1. The number of anilines is 1. The molecule has 2 N–H and O–H groups in total. The molecule has 0 amide bonds. The molecule has 0 bridgehead atoms. The highest BCUT2D eigenvalue weighted by molar-refractivity contribution is 5.57. The molecule has 15 heavy (non-hydrogen) atoms. The lowest BCUT2D eigenvalue weighted by molar-refractivity contribution is -0.274. The van der Waals surface area contributed by atoms with E-state index in [4.69, 9.17) is 11.0 Å². The first-order valence-electron chi connectivity index (χ1n) is 3.58. The number of rotatable bonds is 1. The van der Waals surface area contributed by atoms with Crippen LogP contribution in [0.15, 0.2) is 12.1 Å². The van der Waals surface area contributed by atoms with Gasteiger partial charge in [0.15, 0.2) is 11.6 Å². The van der Waals surface area contributed by atoms with E-state index in [1.54, 1.807) is 0 Å². The van der Waals surface area contributed by atoms with Gasteiger partial charge in [0.25, 0.3) is 0 Å². The second-order valence-corrected chi connectivity index (χ2v) is 2.53. The average molecular weight is 220 g/mol. The van der Waals surface area contributed by atoms with Gasteiger partial charge >= 0.3 is 6.36 Å². The summed E-state index contributed by atoms with van der Waals surface area (Å²) in [6.45, 7) is 0. The molecule has 0 saturated carbocycles. The number of hydrogen-bond donors (Lipinski definition) is 1. The molecule has 0 aromatic heterocycles. The lowest BCUT2D eigenvalue weighted by Gasteiger charge is -2.11. The van der Waals surface area contributed by atoms with Crippen LogP contribution in [-0.2, 0) is 0 Å². The minimum absolute atomic E-state index is 0.305. The summed E-state index contributed by atoms with van der Waals surface area (Å²) < 4.78 is 51.7. The van der Waals surface area contributed by atoms with Crippen molar-refractivity contribution >= 4 is 5.69 Å². The predicted octanol–water partition coefficient (Wildman–Crippen LogP) is 2.18. The van der Waals surface area contributed by atoms with Crippen LogP contribution < -0.4 is 10.5 Å². The van der Waals surface area contributed by atoms with Crippen molar-refractivity contribution < 1.29 is 22.3 Å². The number of nitrogens with two attached hydrogens (primary N) is 1. The van der Waals surface area contributed by atoms with Crippen molar-refractivity contribution in [2.24, 2.45) is 0 Å². The normalized spacial score (nSPS) is 10.9. The molecular formula is C8H4F4N2O. The molecule has 0 aliphatic heterocycles. The SMILES string of the molecule is N#Cc1cc(F)c(N)c(OC(F)(F)F)c1. The zero-order chi connectivity index (χ0) is 11.6. The summed E-state index contributed by atoms with van der Waals surface area (Å²) in [6.07, 6.45) is -4.98. The first-order valence-corrected chi connectivity index (χ1v) is 3.58. The molecule has 3 nitrogen and oxygen atoms in total. The molecule has 1 aromatic rings. The fourth-order valence-corrected chi connectivity index (χ4v) is 0.866. The molecule has 0 spiro atoms. The monoisotopic (exact) mass is 220 g/mol. The van der Waals surface area contributed by atoms with E-state index in [2.05, 4.69) is 4.74 Å². The van der Waals surface area contributed by atoms with Crippen LogP contribution in [0.25, 0.3) is 0 Å². The fourth-order valence-electron chi connectivity index (χ4n) is 0.866. The van der Waals surface area contributed by atoms with Gasteiger partial charge in [0, 0.05) is 6.07 Å². The van der Waals surface area contributed by atoms with E-state index < -0.39 is 23.6 Å². The predicted molar refractivity (Wildman–Crippen MR) is 42.2 cm³/mol. The van der Waals surface area contributed by atoms with Crippen LogP contribution in [-0.4, -0.2) is 6.36 Å². The van der Waals surface area contributed by atoms with Gasteiger partial charge in [-0.3, -0.25) is 0 Å². The quantitative estimate of drug-likeness (QED) is 0.582. The van der Waals surface area contributed by atoms with Gasteiger partial charge in [-0.15, -0.1) is 13.2 Å². The second-order valence-electron chi connectivity index (χ2n) is 2.53. The number of alkyl halides is 3. The molecule has 80 valence electrons. The van der Waals surface area contributed by atoms with E-state index in [-0.39, 0.29) is 5.56 Å². The summed E-state index contributed by atoms with van der Waals surface area (Å²) in [6, 6.07) is 2.91. The number of halogens is 4. The van der Waals surface area contributed by atoms with Gasteiger partial charge in [-0.1, -0.05) is 0 Å². The maximum atomic E-state index is 12.9. The Bertz CT molecular complexity index is 422. The largest absolute Gasteiger partial charge is 0.573 e. The molecule has 0 saturated heterocycles. The number of hydrogen-bond acceptors (Lipinski definition) is 3. The Labute approximate surface area is 81.7 Å². The maximum absolute atomic E-state index is 12.9. The molecule has 0 unspecified atom stereocenters. The molecule has 0 aliphatic carbocycles. The lowest BCUT2D eigenvalue weighted by Crippen LogP contribution is -2.18. The number of nitrogen functional groups attached to an aromatic ring is 1. The smallest absolute Gasteiger partial charge is 0.403 e. The zero-order valence-electron chi connectivity index (χ0n) is 7.10. The van der Waals surface area contributed by atoms with Crippen molar-refractivity contribution in [2.45, 2.75) is 6.36 Å². The van der Waals surface area contributed by atoms with Crippen molar-refractivity contribution in [2.75, 3.05) is 5.73 Å². The maximum Gasteiger partial charge on any atom is 0.573 e. The van der Waals surface area contributed by atoms with Gasteiger partial charge in [0.05, 0.1) is 11.6 Å². The van der Waals surface area contributed by atoms with E-state index >= 15 is 0 Å². The Hall–Kier alpha value is -1.97. The summed E-state index contributed by atoms with van der Waals surface area (Å²) >= 11 is 0. The first kappa shape index (κ1) is 11.1. The van der Waals surface area contributed by atoms with Crippen LogP contribution in [0.5, 0.6) is 5.75 Å². The molecule has 1 aromatic carbocycles. The summed E-state index contributed by atoms with van der Waals surface area (Å²) in [5.41, 5.74) is 3.91. The second kappa shape index (κ2) is 3.65. The minimum Gasteiger partial charge on any atom is -0.403 e. The molecule has 1 rings (SSSR count). The molecule has 7 heteroatoms. The fraction of sp³-hybridized carbons (Fsp3) is 0.125. The van der Waals surface area contributed by atoms with Crippen LogP contribution in [0, 0.1) is 17.1 Å². The van der Waals surface area contributed by atoms with Crippen molar-refractivity contribution in [3.63, 3.8) is 0 Å². The first-order chi connectivity index (χ1) is 6.83. The Morgan fingerprint density at radius 1 is 1.33 bits per heavy atom. The average Bonchev–Trinajstić information content (AvgIpc) is 2.10. The number of nitrogens with zero attached hydrogens (tertiary/aromatic N) is 1. The number of nitriles is 1. The topological polar surface area (TPSA) is 59.0 Å². The Morgan fingerprint density at radius 2 is 1.93 bits per heavy atom. The Balaban J connectivity index is 3.18. The van der Waals surface area contributed by atoms with Gasteiger partial charge in [0.2, 0.25) is 0 Å². The van der Waals surface area contributed by atoms with Crippen molar-refractivity contribution in [1.82, 2.24) is 0 Å². The van der Waals surface area contributed by atoms with E-state index in [1.807, 2.05) is 0 Å². The molecular weight excluding hydrogens is 216 g/mol. The van der Waals surface area contributed by atoms with E-state index in [9.17, 15) is 17.6 Å². The zero-order valence-corrected chi connectivity index (χ0v) is 7.10. The van der Waals surface area contributed by atoms with Crippen molar-refractivity contribution in [3.05, 3.63) is 23.5 Å². The van der Waals surface area contributed by atoms with E-state index in [0.29, 0.717) is 6.07 Å². The summed E-state index contributed by atoms with van der Waals surface area (Å²) in [4.78, 5) is 0. The van der Waals surface area contributed by atoms with Gasteiger partial charge < -0.3 is 10.5 Å². The van der Waals surface area contributed by atoms with Gasteiger partial charge in [-0.25, -0.2) is 4.39 Å². The highest BCUT2D eigenvalue weighted by atomic mass is 19.4. The van der Waals surface area contributed by atoms with Crippen LogP contribution in [0.4, 0.5) is 23.2 Å². The summed E-state index contributed by atoms with van der Waals surface area (Å²) in [7, 11) is 0. The number of benzene rings is 1. The highest BCUT2D eigenvalue weighted by Gasteiger charge is 2.32. The third-order valence-electron chi connectivity index (χ3n) is 1.45. The van der Waals surface area contributed by atoms with Crippen LogP contribution in [0.1, 0.15) is 5.56 Å². The van der Waals surface area contributed by atoms with Gasteiger partial charge in [-0.05, 0) is 6.07 Å². The van der Waals surface area contributed by atoms with Crippen molar-refractivity contribution in [1.29, 1.82) is 5.26 Å². The Kier molecular flexibility index (Phi) is 2.70. The minimum atomic E-state index is -4.98. The van der Waals surface area contributed by atoms with Crippen LogP contribution in [0.3, 0.4) is 0 Å². The molecule has 0 atom stereocenters. The summed E-state index contributed by atoms with van der Waals surface area (Å²) in [5, 5.41) is 8.38. The van der Waals surface area contributed by atoms with Gasteiger partial charge in [0.1, 0.15) is 5.69 Å². The van der Waals surface area contributed by atoms with Gasteiger partial charge in [-0.2, -0.15) is 5.26 Å². The Morgan fingerprint density at radius 3 is 2.40 bits per heavy atom. The molecule has 0 aliphatic rings. The third kappa shape index (κ3) is 2.74. The standard InChI is InChI=1S/C8H4F4N2O/c9-5-1-4(3-13)2-6(7(5)14)15-8(10,11)12/h1-2H,14H2. The van der Waals surface area contributed by atoms with E-state index in [0.717, 1.165) is 6.07 Å².